The van der Waals surface area contributed by atoms with Gasteiger partial charge in [-0.15, -0.1) is 0 Å². The number of pyridine rings is 1. The van der Waals surface area contributed by atoms with Crippen molar-refractivity contribution < 1.29 is 4.79 Å². The van der Waals surface area contributed by atoms with Gasteiger partial charge in [-0.1, -0.05) is 6.07 Å². The standard InChI is InChI=1S/C13H18BrN3O/c1-10(13(18)17-8-3-2-4-9-17)15-12-7-5-6-11(14)16-12/h5-7,10H,2-4,8-9H2,1H3,(H,15,16). The zero-order chi connectivity index (χ0) is 13.0. The Morgan fingerprint density at radius 1 is 1.39 bits per heavy atom. The van der Waals surface area contributed by atoms with Crippen molar-refractivity contribution in [2.45, 2.75) is 32.2 Å². The first kappa shape index (κ1) is 13.3. The van der Waals surface area contributed by atoms with E-state index in [1.165, 1.54) is 6.42 Å². The molecule has 98 valence electrons. The van der Waals surface area contributed by atoms with E-state index in [-0.39, 0.29) is 11.9 Å². The molecule has 0 radical (unpaired) electrons. The third-order valence-corrected chi connectivity index (χ3v) is 3.56. The maximum Gasteiger partial charge on any atom is 0.244 e. The van der Waals surface area contributed by atoms with Crippen LogP contribution in [0.3, 0.4) is 0 Å². The Bertz CT molecular complexity index is 418. The van der Waals surface area contributed by atoms with E-state index >= 15 is 0 Å². The van der Waals surface area contributed by atoms with Crippen LogP contribution < -0.4 is 5.32 Å². The summed E-state index contributed by atoms with van der Waals surface area (Å²) in [7, 11) is 0. The van der Waals surface area contributed by atoms with Crippen molar-refractivity contribution in [2.75, 3.05) is 18.4 Å². The van der Waals surface area contributed by atoms with Crippen LogP contribution in [-0.4, -0.2) is 34.9 Å². The Hall–Kier alpha value is -1.10. The number of anilines is 1. The molecule has 2 heterocycles. The number of rotatable bonds is 3. The van der Waals surface area contributed by atoms with Crippen LogP contribution in [0.15, 0.2) is 22.8 Å². The minimum atomic E-state index is -0.232. The van der Waals surface area contributed by atoms with E-state index in [4.69, 9.17) is 0 Å². The van der Waals surface area contributed by atoms with E-state index in [1.54, 1.807) is 0 Å². The van der Waals surface area contributed by atoms with Crippen LogP contribution in [0, 0.1) is 0 Å². The lowest BCUT2D eigenvalue weighted by molar-refractivity contribution is -0.132. The van der Waals surface area contributed by atoms with Crippen molar-refractivity contribution in [1.29, 1.82) is 0 Å². The van der Waals surface area contributed by atoms with Crippen LogP contribution in [0.4, 0.5) is 5.82 Å². The smallest absolute Gasteiger partial charge is 0.244 e. The van der Waals surface area contributed by atoms with Gasteiger partial charge in [0.1, 0.15) is 16.5 Å². The minimum absolute atomic E-state index is 0.163. The van der Waals surface area contributed by atoms with E-state index in [1.807, 2.05) is 30.0 Å². The third kappa shape index (κ3) is 3.45. The zero-order valence-corrected chi connectivity index (χ0v) is 12.1. The molecule has 1 atom stereocenters. The van der Waals surface area contributed by atoms with Gasteiger partial charge >= 0.3 is 0 Å². The second-order valence-corrected chi connectivity index (χ2v) is 5.41. The average Bonchev–Trinajstić information content (AvgIpc) is 2.39. The number of carbonyl (C=O) groups is 1. The normalized spacial score (nSPS) is 17.3. The van der Waals surface area contributed by atoms with Gasteiger partial charge in [0.05, 0.1) is 0 Å². The molecule has 4 nitrogen and oxygen atoms in total. The van der Waals surface area contributed by atoms with E-state index in [0.717, 1.165) is 36.4 Å². The second-order valence-electron chi connectivity index (χ2n) is 4.60. The van der Waals surface area contributed by atoms with Crippen LogP contribution in [0.25, 0.3) is 0 Å². The van der Waals surface area contributed by atoms with Gasteiger partial charge in [0.15, 0.2) is 0 Å². The topological polar surface area (TPSA) is 45.2 Å². The van der Waals surface area contributed by atoms with Crippen LogP contribution >= 0.6 is 15.9 Å². The number of aromatic nitrogens is 1. The van der Waals surface area contributed by atoms with Crippen LogP contribution in [0.1, 0.15) is 26.2 Å². The molecular formula is C13H18BrN3O. The highest BCUT2D eigenvalue weighted by atomic mass is 79.9. The molecule has 1 saturated heterocycles. The van der Waals surface area contributed by atoms with Crippen LogP contribution in [-0.2, 0) is 4.79 Å². The minimum Gasteiger partial charge on any atom is -0.359 e. The Morgan fingerprint density at radius 3 is 2.78 bits per heavy atom. The predicted octanol–water partition coefficient (Wildman–Crippen LogP) is 2.66. The molecule has 0 spiro atoms. The van der Waals surface area contributed by atoms with E-state index < -0.39 is 0 Å². The van der Waals surface area contributed by atoms with Crippen molar-refractivity contribution >= 4 is 27.7 Å². The molecule has 1 fully saturated rings. The molecule has 2 rings (SSSR count). The van der Waals surface area contributed by atoms with Crippen molar-refractivity contribution in [2.24, 2.45) is 0 Å². The van der Waals surface area contributed by atoms with Gasteiger partial charge in [-0.3, -0.25) is 4.79 Å². The monoisotopic (exact) mass is 311 g/mol. The molecule has 18 heavy (non-hydrogen) atoms. The maximum absolute atomic E-state index is 12.2. The van der Waals surface area contributed by atoms with Gasteiger partial charge in [-0.2, -0.15) is 0 Å². The first-order valence-corrected chi connectivity index (χ1v) is 7.14. The lowest BCUT2D eigenvalue weighted by atomic mass is 10.1. The van der Waals surface area contributed by atoms with Gasteiger partial charge in [0, 0.05) is 13.1 Å². The Morgan fingerprint density at radius 2 is 2.11 bits per heavy atom. The lowest BCUT2D eigenvalue weighted by Crippen LogP contribution is -2.44. The van der Waals surface area contributed by atoms with E-state index in [2.05, 4.69) is 26.2 Å². The Kier molecular flexibility index (Phi) is 4.58. The molecule has 1 N–H and O–H groups in total. The highest BCUT2D eigenvalue weighted by Crippen LogP contribution is 2.14. The summed E-state index contributed by atoms with van der Waals surface area (Å²) in [6.07, 6.45) is 3.47. The molecule has 1 aromatic rings. The fraction of sp³-hybridized carbons (Fsp3) is 0.538. The highest BCUT2D eigenvalue weighted by Gasteiger charge is 2.22. The number of amides is 1. The van der Waals surface area contributed by atoms with Crippen molar-refractivity contribution in [3.8, 4) is 0 Å². The number of piperidine rings is 1. The SMILES string of the molecule is CC(Nc1cccc(Br)n1)C(=O)N1CCCCC1. The van der Waals surface area contributed by atoms with Crippen LogP contribution in [0.2, 0.25) is 0 Å². The third-order valence-electron chi connectivity index (χ3n) is 3.12. The van der Waals surface area contributed by atoms with Gasteiger partial charge in [-0.05, 0) is 54.2 Å². The van der Waals surface area contributed by atoms with E-state index in [0.29, 0.717) is 0 Å². The highest BCUT2D eigenvalue weighted by molar-refractivity contribution is 9.10. The molecule has 1 aliphatic heterocycles. The summed E-state index contributed by atoms with van der Waals surface area (Å²) in [5, 5.41) is 3.15. The number of hydrogen-bond acceptors (Lipinski definition) is 3. The van der Waals surface area contributed by atoms with Gasteiger partial charge in [0.25, 0.3) is 0 Å². The molecule has 1 amide bonds. The lowest BCUT2D eigenvalue weighted by Gasteiger charge is -2.29. The summed E-state index contributed by atoms with van der Waals surface area (Å²) < 4.78 is 0.769. The number of halogens is 1. The first-order chi connectivity index (χ1) is 8.66. The summed E-state index contributed by atoms with van der Waals surface area (Å²) in [5.74, 6) is 0.888. The Balaban J connectivity index is 1.94. The van der Waals surface area contributed by atoms with Crippen molar-refractivity contribution in [3.63, 3.8) is 0 Å². The second kappa shape index (κ2) is 6.18. The molecular weight excluding hydrogens is 294 g/mol. The van der Waals surface area contributed by atoms with E-state index in [9.17, 15) is 4.79 Å². The van der Waals surface area contributed by atoms with Crippen molar-refractivity contribution in [3.05, 3.63) is 22.8 Å². The zero-order valence-electron chi connectivity index (χ0n) is 10.5. The summed E-state index contributed by atoms with van der Waals surface area (Å²) in [6, 6.07) is 5.40. The molecule has 1 aliphatic rings. The molecule has 0 aromatic carbocycles. The number of nitrogens with one attached hydrogen (secondary N) is 1. The van der Waals surface area contributed by atoms with Gasteiger partial charge in [0.2, 0.25) is 5.91 Å². The predicted molar refractivity (Wildman–Crippen MR) is 75.5 cm³/mol. The number of carbonyl (C=O) groups excluding carboxylic acids is 1. The molecule has 0 bridgehead atoms. The van der Waals surface area contributed by atoms with Crippen molar-refractivity contribution in [1.82, 2.24) is 9.88 Å². The summed E-state index contributed by atoms with van der Waals surface area (Å²) >= 11 is 3.32. The molecule has 1 unspecified atom stereocenters. The molecule has 0 aliphatic carbocycles. The summed E-state index contributed by atoms with van der Waals surface area (Å²) in [5.41, 5.74) is 0. The number of likely N-dealkylation sites (tertiary alicyclic amines) is 1. The van der Waals surface area contributed by atoms with Gasteiger partial charge in [-0.25, -0.2) is 4.98 Å². The fourth-order valence-electron chi connectivity index (χ4n) is 2.16. The number of nitrogens with zero attached hydrogens (tertiary/aromatic N) is 2. The fourth-order valence-corrected chi connectivity index (χ4v) is 2.50. The summed E-state index contributed by atoms with van der Waals surface area (Å²) in [4.78, 5) is 18.4. The van der Waals surface area contributed by atoms with Crippen LogP contribution in [0.5, 0.6) is 0 Å². The quantitative estimate of drug-likeness (QED) is 0.873. The van der Waals surface area contributed by atoms with Gasteiger partial charge < -0.3 is 10.2 Å². The largest absolute Gasteiger partial charge is 0.359 e. The average molecular weight is 312 g/mol. The number of hydrogen-bond donors (Lipinski definition) is 1. The Labute approximate surface area is 116 Å². The first-order valence-electron chi connectivity index (χ1n) is 6.35. The summed E-state index contributed by atoms with van der Waals surface area (Å²) in [6.45, 7) is 3.66. The maximum atomic E-state index is 12.2. The molecule has 1 aromatic heterocycles. The molecule has 0 saturated carbocycles. The molecule has 5 heteroatoms.